The van der Waals surface area contributed by atoms with Crippen molar-refractivity contribution in [3.63, 3.8) is 0 Å². The number of phenolic OH excluding ortho intramolecular Hbond substituents is 1. The summed E-state index contributed by atoms with van der Waals surface area (Å²) in [4.78, 5) is 18.1. The summed E-state index contributed by atoms with van der Waals surface area (Å²) in [5.41, 5.74) is 3.84. The molecule has 0 aliphatic heterocycles. The van der Waals surface area contributed by atoms with Gasteiger partial charge >= 0.3 is 12.1 Å². The molecule has 1 N–H and O–H groups in total. The second-order valence-electron chi connectivity index (χ2n) is 8.37. The number of esters is 1. The van der Waals surface area contributed by atoms with Gasteiger partial charge in [0.1, 0.15) is 12.4 Å². The first-order valence-corrected chi connectivity index (χ1v) is 11.0. The lowest BCUT2D eigenvalue weighted by atomic mass is 10.0. The molecule has 3 aromatic carbocycles. The van der Waals surface area contributed by atoms with Crippen LogP contribution >= 0.6 is 0 Å². The molecule has 0 saturated carbocycles. The zero-order valence-electron chi connectivity index (χ0n) is 18.5. The van der Waals surface area contributed by atoms with Crippen molar-refractivity contribution in [1.29, 1.82) is 0 Å². The van der Waals surface area contributed by atoms with Crippen LogP contribution in [0, 0.1) is 0 Å². The van der Waals surface area contributed by atoms with Gasteiger partial charge in [0.2, 0.25) is 0 Å². The molecule has 5 rings (SSSR count). The first-order chi connectivity index (χ1) is 16.8. The molecular weight excluding hydrogens is 455 g/mol. The van der Waals surface area contributed by atoms with Gasteiger partial charge in [0.05, 0.1) is 22.3 Å². The number of aromatic nitrogens is 1. The Morgan fingerprint density at radius 1 is 1.00 bits per heavy atom. The van der Waals surface area contributed by atoms with Crippen molar-refractivity contribution < 1.29 is 27.8 Å². The molecule has 1 aliphatic rings. The molecule has 4 nitrogen and oxygen atoms in total. The van der Waals surface area contributed by atoms with Crippen LogP contribution in [0.1, 0.15) is 44.7 Å². The number of pyridine rings is 1. The topological polar surface area (TPSA) is 59.4 Å². The number of hydrogen-bond acceptors (Lipinski definition) is 4. The van der Waals surface area contributed by atoms with Gasteiger partial charge in [0, 0.05) is 5.39 Å². The third-order valence-corrected chi connectivity index (χ3v) is 6.00. The molecule has 35 heavy (non-hydrogen) atoms. The Bertz CT molecular complexity index is 1460. The van der Waals surface area contributed by atoms with Crippen molar-refractivity contribution in [2.45, 2.75) is 25.6 Å². The van der Waals surface area contributed by atoms with Crippen molar-refractivity contribution in [2.75, 3.05) is 0 Å². The molecule has 1 heterocycles. The number of hydrogen-bond donors (Lipinski definition) is 1. The molecule has 7 heteroatoms. The van der Waals surface area contributed by atoms with E-state index in [1.165, 1.54) is 12.1 Å². The number of benzene rings is 3. The summed E-state index contributed by atoms with van der Waals surface area (Å²) < 4.78 is 44.6. The van der Waals surface area contributed by atoms with Crippen LogP contribution in [0.4, 0.5) is 13.2 Å². The van der Waals surface area contributed by atoms with Crippen LogP contribution in [0.5, 0.6) is 5.75 Å². The number of halogens is 3. The van der Waals surface area contributed by atoms with Gasteiger partial charge in [-0.1, -0.05) is 42.5 Å². The summed E-state index contributed by atoms with van der Waals surface area (Å²) in [6.45, 7) is -0.273. The van der Waals surface area contributed by atoms with Crippen LogP contribution in [-0.2, 0) is 23.9 Å². The second-order valence-corrected chi connectivity index (χ2v) is 8.37. The number of para-hydroxylation sites is 1. The Morgan fingerprint density at radius 3 is 2.54 bits per heavy atom. The van der Waals surface area contributed by atoms with Crippen molar-refractivity contribution in [3.8, 4) is 5.75 Å². The van der Waals surface area contributed by atoms with Crippen LogP contribution in [0.3, 0.4) is 0 Å². The van der Waals surface area contributed by atoms with E-state index in [0.29, 0.717) is 35.0 Å². The van der Waals surface area contributed by atoms with Gasteiger partial charge in [-0.2, -0.15) is 13.2 Å². The molecule has 1 aliphatic carbocycles. The maximum Gasteiger partial charge on any atom is 0.416 e. The molecule has 0 spiro atoms. The lowest BCUT2D eigenvalue weighted by molar-refractivity contribution is -0.137. The van der Waals surface area contributed by atoms with E-state index in [-0.39, 0.29) is 17.9 Å². The van der Waals surface area contributed by atoms with Crippen LogP contribution < -0.4 is 0 Å². The van der Waals surface area contributed by atoms with Crippen LogP contribution in [-0.4, -0.2) is 16.1 Å². The SMILES string of the molecule is O=C(OCc1cccc(C(F)(F)F)c1)c1c2c(nc3ccccc13)/C(=C/c1ccc(O)cc1)CC2. The van der Waals surface area contributed by atoms with Gasteiger partial charge in [-0.15, -0.1) is 0 Å². The molecule has 0 bridgehead atoms. The predicted molar refractivity (Wildman–Crippen MR) is 127 cm³/mol. The molecular formula is C28H20F3NO3. The first-order valence-electron chi connectivity index (χ1n) is 11.0. The summed E-state index contributed by atoms with van der Waals surface area (Å²) in [7, 11) is 0. The Labute approximate surface area is 199 Å². The van der Waals surface area contributed by atoms with Crippen LogP contribution in [0.15, 0.2) is 72.8 Å². The van der Waals surface area contributed by atoms with Gasteiger partial charge < -0.3 is 9.84 Å². The molecule has 4 aromatic rings. The number of fused-ring (bicyclic) bond motifs is 2. The van der Waals surface area contributed by atoms with Gasteiger partial charge in [-0.3, -0.25) is 0 Å². The van der Waals surface area contributed by atoms with E-state index in [2.05, 4.69) is 0 Å². The fraction of sp³-hybridized carbons (Fsp3) is 0.143. The molecule has 176 valence electrons. The number of aromatic hydroxyl groups is 1. The van der Waals surface area contributed by atoms with E-state index in [4.69, 9.17) is 9.72 Å². The van der Waals surface area contributed by atoms with E-state index in [1.54, 1.807) is 30.3 Å². The highest BCUT2D eigenvalue weighted by atomic mass is 19.4. The minimum Gasteiger partial charge on any atom is -0.508 e. The predicted octanol–water partition coefficient (Wildman–Crippen LogP) is 6.80. The fourth-order valence-corrected chi connectivity index (χ4v) is 4.34. The smallest absolute Gasteiger partial charge is 0.416 e. The van der Waals surface area contributed by atoms with Gasteiger partial charge in [-0.05, 0) is 71.5 Å². The lowest BCUT2D eigenvalue weighted by Crippen LogP contribution is -2.11. The monoisotopic (exact) mass is 475 g/mol. The standard InChI is InChI=1S/C28H20F3NO3/c29-28(30,31)20-5-3-4-18(15-20)16-35-27(34)25-22-6-1-2-7-24(22)32-26-19(10-13-23(25)26)14-17-8-11-21(33)12-9-17/h1-9,11-12,14-15,33H,10,13,16H2/b19-14+. The average molecular weight is 475 g/mol. The summed E-state index contributed by atoms with van der Waals surface area (Å²) in [6, 6.07) is 18.8. The van der Waals surface area contributed by atoms with Crippen LogP contribution in [0.2, 0.25) is 0 Å². The minimum atomic E-state index is -4.47. The van der Waals surface area contributed by atoms with Crippen molar-refractivity contribution in [1.82, 2.24) is 4.98 Å². The molecule has 0 atom stereocenters. The largest absolute Gasteiger partial charge is 0.508 e. The maximum absolute atomic E-state index is 13.3. The van der Waals surface area contributed by atoms with E-state index < -0.39 is 17.7 Å². The molecule has 0 unspecified atom stereocenters. The summed E-state index contributed by atoms with van der Waals surface area (Å²) in [5, 5.41) is 10.2. The highest BCUT2D eigenvalue weighted by Crippen LogP contribution is 2.38. The number of carbonyl (C=O) groups excluding carboxylic acids is 1. The van der Waals surface area contributed by atoms with Gasteiger partial charge in [0.15, 0.2) is 0 Å². The highest BCUT2D eigenvalue weighted by Gasteiger charge is 2.31. The Hall–Kier alpha value is -4.13. The third-order valence-electron chi connectivity index (χ3n) is 6.00. The average Bonchev–Trinajstić information content (AvgIpc) is 3.24. The first kappa shape index (κ1) is 22.7. The summed E-state index contributed by atoms with van der Waals surface area (Å²) in [5.74, 6) is -0.419. The minimum absolute atomic E-state index is 0.175. The highest BCUT2D eigenvalue weighted by molar-refractivity contribution is 6.07. The normalized spacial score (nSPS) is 14.3. The Morgan fingerprint density at radius 2 is 1.77 bits per heavy atom. The molecule has 1 aromatic heterocycles. The van der Waals surface area contributed by atoms with Crippen molar-refractivity contribution >= 4 is 28.5 Å². The van der Waals surface area contributed by atoms with Gasteiger partial charge in [0.25, 0.3) is 0 Å². The fourth-order valence-electron chi connectivity index (χ4n) is 4.34. The number of rotatable bonds is 4. The summed E-state index contributed by atoms with van der Waals surface area (Å²) in [6.07, 6.45) is -1.23. The van der Waals surface area contributed by atoms with Crippen LogP contribution in [0.25, 0.3) is 22.6 Å². The van der Waals surface area contributed by atoms with E-state index in [1.807, 2.05) is 24.3 Å². The number of phenols is 1. The van der Waals surface area contributed by atoms with Gasteiger partial charge in [-0.25, -0.2) is 9.78 Å². The Kier molecular flexibility index (Phi) is 5.76. The number of ether oxygens (including phenoxy) is 1. The van der Waals surface area contributed by atoms with E-state index in [9.17, 15) is 23.1 Å². The number of nitrogens with zero attached hydrogens (tertiary/aromatic N) is 1. The van der Waals surface area contributed by atoms with Crippen molar-refractivity contribution in [2.24, 2.45) is 0 Å². The molecule has 0 radical (unpaired) electrons. The van der Waals surface area contributed by atoms with Crippen molar-refractivity contribution in [3.05, 3.63) is 106 Å². The second kappa shape index (κ2) is 8.91. The van der Waals surface area contributed by atoms with E-state index in [0.717, 1.165) is 28.8 Å². The number of alkyl halides is 3. The molecule has 0 saturated heterocycles. The Balaban J connectivity index is 1.50. The quantitative estimate of drug-likeness (QED) is 0.330. The lowest BCUT2D eigenvalue weighted by Gasteiger charge is -2.13. The number of carbonyl (C=O) groups is 1. The maximum atomic E-state index is 13.3. The zero-order valence-corrected chi connectivity index (χ0v) is 18.5. The zero-order chi connectivity index (χ0) is 24.6. The summed E-state index contributed by atoms with van der Waals surface area (Å²) >= 11 is 0. The number of allylic oxidation sites excluding steroid dienone is 1. The molecule has 0 amide bonds. The third kappa shape index (κ3) is 4.62. The molecule has 0 fully saturated rings. The van der Waals surface area contributed by atoms with E-state index >= 15 is 0 Å².